The summed E-state index contributed by atoms with van der Waals surface area (Å²) in [5.41, 5.74) is 0. The fourth-order valence-corrected chi connectivity index (χ4v) is 9.80. The second-order valence-electron chi connectivity index (χ2n) is 21.5. The maximum atomic E-state index is 13.1. The van der Waals surface area contributed by atoms with Crippen molar-refractivity contribution in [3.63, 3.8) is 0 Å². The summed E-state index contributed by atoms with van der Waals surface area (Å²) in [4.78, 5) is 25.9. The number of ether oxygens (including phenoxy) is 6. The van der Waals surface area contributed by atoms with Gasteiger partial charge in [0.05, 0.1) is 19.8 Å². The maximum Gasteiger partial charge on any atom is 0.306 e. The smallest absolute Gasteiger partial charge is 0.306 e. The van der Waals surface area contributed by atoms with Gasteiger partial charge in [0.25, 0.3) is 0 Å². The van der Waals surface area contributed by atoms with Gasteiger partial charge >= 0.3 is 11.9 Å². The Hall–Kier alpha value is -1.76. The summed E-state index contributed by atoms with van der Waals surface area (Å²) < 4.78 is 33.7. The molecule has 2 saturated heterocycles. The van der Waals surface area contributed by atoms with E-state index in [9.17, 15) is 45.3 Å². The summed E-state index contributed by atoms with van der Waals surface area (Å²) in [5.74, 6) is -0.934. The molecule has 0 aromatic rings. The first-order valence-electron chi connectivity index (χ1n) is 30.3. The van der Waals surface area contributed by atoms with Gasteiger partial charge in [-0.3, -0.25) is 9.59 Å². The topological polar surface area (TPSA) is 231 Å². The summed E-state index contributed by atoms with van der Waals surface area (Å²) in [7, 11) is 0. The van der Waals surface area contributed by atoms with Crippen LogP contribution in [0.1, 0.15) is 258 Å². The molecule has 2 fully saturated rings. The Balaban J connectivity index is 1.72. The molecular formula is C59H110O15. The van der Waals surface area contributed by atoms with E-state index >= 15 is 0 Å². The van der Waals surface area contributed by atoms with Crippen LogP contribution in [0.15, 0.2) is 12.2 Å². The lowest BCUT2D eigenvalue weighted by atomic mass is 9.98. The molecule has 0 amide bonds. The highest BCUT2D eigenvalue weighted by molar-refractivity contribution is 5.70. The molecule has 0 radical (unpaired) electrons. The molecule has 15 nitrogen and oxygen atoms in total. The zero-order chi connectivity index (χ0) is 53.9. The first kappa shape index (κ1) is 68.3. The molecule has 0 bridgehead atoms. The molecule has 436 valence electrons. The molecule has 0 aromatic heterocycles. The zero-order valence-corrected chi connectivity index (χ0v) is 46.6. The van der Waals surface area contributed by atoms with E-state index < -0.39 is 92.7 Å². The van der Waals surface area contributed by atoms with Gasteiger partial charge in [0.2, 0.25) is 0 Å². The van der Waals surface area contributed by atoms with Crippen molar-refractivity contribution >= 4 is 11.9 Å². The van der Waals surface area contributed by atoms with Gasteiger partial charge in [-0.25, -0.2) is 0 Å². The van der Waals surface area contributed by atoms with E-state index in [1.165, 1.54) is 180 Å². The number of carbonyl (C=O) groups excluding carboxylic acids is 2. The molecule has 11 atom stereocenters. The molecule has 2 heterocycles. The first-order chi connectivity index (χ1) is 36.0. The lowest BCUT2D eigenvalue weighted by molar-refractivity contribution is -0.332. The average Bonchev–Trinajstić information content (AvgIpc) is 3.39. The third-order valence-electron chi connectivity index (χ3n) is 14.7. The highest BCUT2D eigenvalue weighted by Crippen LogP contribution is 2.27. The summed E-state index contributed by atoms with van der Waals surface area (Å²) in [6.45, 7) is 2.63. The monoisotopic (exact) mass is 1060 g/mol. The molecular weight excluding hydrogens is 949 g/mol. The number of aliphatic hydroxyl groups is 7. The van der Waals surface area contributed by atoms with Gasteiger partial charge in [-0.15, -0.1) is 0 Å². The van der Waals surface area contributed by atoms with Crippen LogP contribution < -0.4 is 0 Å². The predicted molar refractivity (Wildman–Crippen MR) is 289 cm³/mol. The minimum absolute atomic E-state index is 0.168. The van der Waals surface area contributed by atoms with E-state index in [1.54, 1.807) is 0 Å². The van der Waals surface area contributed by atoms with Gasteiger partial charge in [-0.1, -0.05) is 219 Å². The van der Waals surface area contributed by atoms with Crippen LogP contribution >= 0.6 is 0 Å². The molecule has 15 heteroatoms. The van der Waals surface area contributed by atoms with Crippen molar-refractivity contribution in [2.45, 2.75) is 325 Å². The largest absolute Gasteiger partial charge is 0.462 e. The van der Waals surface area contributed by atoms with Gasteiger partial charge in [0.15, 0.2) is 18.7 Å². The van der Waals surface area contributed by atoms with Crippen LogP contribution in [0, 0.1) is 0 Å². The second kappa shape index (κ2) is 46.2. The number of hydrogen-bond acceptors (Lipinski definition) is 15. The Labute approximate surface area is 448 Å². The first-order valence-corrected chi connectivity index (χ1v) is 30.3. The van der Waals surface area contributed by atoms with Gasteiger partial charge < -0.3 is 64.2 Å². The maximum absolute atomic E-state index is 13.1. The van der Waals surface area contributed by atoms with E-state index in [4.69, 9.17) is 28.4 Å². The minimum atomic E-state index is -1.76. The lowest BCUT2D eigenvalue weighted by Gasteiger charge is -2.42. The number of hydrogen-bond donors (Lipinski definition) is 7. The Bertz CT molecular complexity index is 1340. The van der Waals surface area contributed by atoms with Crippen LogP contribution in [0.2, 0.25) is 0 Å². The molecule has 0 aromatic carbocycles. The van der Waals surface area contributed by atoms with Gasteiger partial charge in [0, 0.05) is 12.8 Å². The van der Waals surface area contributed by atoms with Gasteiger partial charge in [-0.2, -0.15) is 0 Å². The van der Waals surface area contributed by atoms with Crippen molar-refractivity contribution in [1.82, 2.24) is 0 Å². The number of unbranched alkanes of at least 4 members (excludes halogenated alkanes) is 33. The predicted octanol–water partition coefficient (Wildman–Crippen LogP) is 10.5. The molecule has 0 saturated carbocycles. The summed E-state index contributed by atoms with van der Waals surface area (Å²) in [6.07, 6.45) is 32.4. The quantitative estimate of drug-likeness (QED) is 0.0171. The SMILES string of the molecule is CCCCCCCCCCC/C=C/CCCCC(=O)OC[C@H](CO[C@H]1O[C@@H](CO[C@H]2O[C@@H](CO)[C@@H](O)C(O)C2O)[C@@H](O)C(O)C1O)OC(=O)CCCCCCCCCCCCCCCCCCCCCCCCC. The molecule has 4 unspecified atom stereocenters. The van der Waals surface area contributed by atoms with Crippen molar-refractivity contribution in [3.8, 4) is 0 Å². The Kier molecular flexibility index (Phi) is 42.7. The molecule has 0 aliphatic carbocycles. The van der Waals surface area contributed by atoms with Crippen LogP contribution in [-0.4, -0.2) is 142 Å². The molecule has 2 rings (SSSR count). The van der Waals surface area contributed by atoms with E-state index in [-0.39, 0.29) is 26.1 Å². The van der Waals surface area contributed by atoms with Crippen molar-refractivity contribution in [3.05, 3.63) is 12.2 Å². The normalized spacial score (nSPS) is 24.7. The molecule has 0 spiro atoms. The Morgan fingerprint density at radius 2 is 0.770 bits per heavy atom. The minimum Gasteiger partial charge on any atom is -0.462 e. The summed E-state index contributed by atoms with van der Waals surface area (Å²) >= 11 is 0. The number of rotatable bonds is 49. The van der Waals surface area contributed by atoms with Crippen molar-refractivity contribution in [2.75, 3.05) is 26.4 Å². The van der Waals surface area contributed by atoms with E-state index in [1.807, 2.05) is 0 Å². The van der Waals surface area contributed by atoms with Crippen molar-refractivity contribution in [2.24, 2.45) is 0 Å². The molecule has 7 N–H and O–H groups in total. The molecule has 74 heavy (non-hydrogen) atoms. The lowest BCUT2D eigenvalue weighted by Crippen LogP contribution is -2.61. The third kappa shape index (κ3) is 32.9. The average molecular weight is 1060 g/mol. The standard InChI is InChI=1S/C59H110O15/c1-3-5-7-9-11-13-15-17-19-20-21-22-23-24-25-26-28-30-32-34-36-38-40-42-51(62)72-47(44-69-50(61)41-39-37-35-33-31-29-27-18-16-14-12-10-8-6-4-2)45-70-58-57(68)55(66)53(64)49(74-58)46-71-59-56(67)54(65)52(63)48(43-60)73-59/h31,33,47-49,52-60,63-68H,3-30,32,34-46H2,1-2H3/b33-31+/t47-,48+,49+,52-,53-,54?,55?,56?,57?,58+,59+/m1/s1. The fourth-order valence-electron chi connectivity index (χ4n) is 9.80. The van der Waals surface area contributed by atoms with Crippen molar-refractivity contribution in [1.29, 1.82) is 0 Å². The number of allylic oxidation sites excluding steroid dienone is 2. The number of esters is 2. The Morgan fingerprint density at radius 3 is 1.22 bits per heavy atom. The van der Waals surface area contributed by atoms with E-state index in [0.717, 1.165) is 38.5 Å². The van der Waals surface area contributed by atoms with Gasteiger partial charge in [-0.05, 0) is 38.5 Å². The van der Waals surface area contributed by atoms with E-state index in [0.29, 0.717) is 12.8 Å². The number of aliphatic hydroxyl groups excluding tert-OH is 7. The summed E-state index contributed by atoms with van der Waals surface area (Å²) in [5, 5.41) is 72.3. The molecule has 2 aliphatic heterocycles. The highest BCUT2D eigenvalue weighted by Gasteiger charge is 2.47. The van der Waals surface area contributed by atoms with Crippen LogP contribution in [0.5, 0.6) is 0 Å². The zero-order valence-electron chi connectivity index (χ0n) is 46.6. The third-order valence-corrected chi connectivity index (χ3v) is 14.7. The second-order valence-corrected chi connectivity index (χ2v) is 21.5. The van der Waals surface area contributed by atoms with Crippen LogP contribution in [-0.2, 0) is 38.0 Å². The Morgan fingerprint density at radius 1 is 0.419 bits per heavy atom. The summed E-state index contributed by atoms with van der Waals surface area (Å²) in [6, 6.07) is 0. The number of carbonyl (C=O) groups is 2. The fraction of sp³-hybridized carbons (Fsp3) is 0.932. The van der Waals surface area contributed by atoms with Crippen LogP contribution in [0.4, 0.5) is 0 Å². The van der Waals surface area contributed by atoms with E-state index in [2.05, 4.69) is 26.0 Å². The highest BCUT2D eigenvalue weighted by atomic mass is 16.7. The molecule has 2 aliphatic rings. The van der Waals surface area contributed by atoms with Crippen LogP contribution in [0.25, 0.3) is 0 Å². The van der Waals surface area contributed by atoms with Crippen molar-refractivity contribution < 1.29 is 73.8 Å². The van der Waals surface area contributed by atoms with Gasteiger partial charge in [0.1, 0.15) is 55.4 Å². The van der Waals surface area contributed by atoms with Crippen LogP contribution in [0.3, 0.4) is 0 Å².